The summed E-state index contributed by atoms with van der Waals surface area (Å²) in [6, 6.07) is 8.64. The predicted octanol–water partition coefficient (Wildman–Crippen LogP) is 3.15. The first-order chi connectivity index (χ1) is 8.04. The van der Waals surface area contributed by atoms with Gasteiger partial charge in [0.05, 0.1) is 6.10 Å². The van der Waals surface area contributed by atoms with E-state index in [-0.39, 0.29) is 6.10 Å². The van der Waals surface area contributed by atoms with Crippen LogP contribution in [0.1, 0.15) is 43.9 Å². The largest absolute Gasteiger partial charge is 0.387 e. The lowest BCUT2D eigenvalue weighted by Crippen LogP contribution is -2.32. The average Bonchev–Trinajstić information content (AvgIpc) is 2.29. The standard InChI is InChI=1S/C15H25NO/c1-5-7-13(3)16(4)11-15(17)14-9-6-8-12(2)10-14/h6,8-10,13,15,17H,5,7,11H2,1-4H3. The Balaban J connectivity index is 2.56. The Bertz CT molecular complexity index is 337. The van der Waals surface area contributed by atoms with Crippen molar-refractivity contribution in [2.75, 3.05) is 13.6 Å². The molecule has 2 atom stereocenters. The lowest BCUT2D eigenvalue weighted by atomic mass is 10.1. The fourth-order valence-corrected chi connectivity index (χ4v) is 2.07. The first-order valence-electron chi connectivity index (χ1n) is 6.49. The molecule has 1 rings (SSSR count). The highest BCUT2D eigenvalue weighted by Crippen LogP contribution is 2.17. The summed E-state index contributed by atoms with van der Waals surface area (Å²) in [5.74, 6) is 0. The molecule has 0 spiro atoms. The molecule has 0 saturated heterocycles. The van der Waals surface area contributed by atoms with Gasteiger partial charge in [-0.1, -0.05) is 43.2 Å². The topological polar surface area (TPSA) is 23.5 Å². The number of rotatable bonds is 6. The fraction of sp³-hybridized carbons (Fsp3) is 0.600. The average molecular weight is 235 g/mol. The van der Waals surface area contributed by atoms with Crippen molar-refractivity contribution >= 4 is 0 Å². The van der Waals surface area contributed by atoms with Crippen LogP contribution in [0.25, 0.3) is 0 Å². The molecule has 0 aliphatic carbocycles. The third kappa shape index (κ3) is 4.49. The van der Waals surface area contributed by atoms with Crippen molar-refractivity contribution in [2.24, 2.45) is 0 Å². The van der Waals surface area contributed by atoms with Crippen LogP contribution in [0.15, 0.2) is 24.3 Å². The van der Waals surface area contributed by atoms with Gasteiger partial charge in [0.1, 0.15) is 0 Å². The quantitative estimate of drug-likeness (QED) is 0.818. The number of hydrogen-bond acceptors (Lipinski definition) is 2. The molecular formula is C15H25NO. The smallest absolute Gasteiger partial charge is 0.0917 e. The number of nitrogens with zero attached hydrogens (tertiary/aromatic N) is 1. The maximum atomic E-state index is 10.2. The Morgan fingerprint density at radius 2 is 2.06 bits per heavy atom. The van der Waals surface area contributed by atoms with Crippen LogP contribution in [0.4, 0.5) is 0 Å². The van der Waals surface area contributed by atoms with Crippen molar-refractivity contribution in [3.63, 3.8) is 0 Å². The molecule has 0 aliphatic rings. The van der Waals surface area contributed by atoms with Gasteiger partial charge in [0, 0.05) is 12.6 Å². The number of aliphatic hydroxyl groups is 1. The van der Waals surface area contributed by atoms with Crippen LogP contribution in [-0.2, 0) is 0 Å². The second-order valence-electron chi connectivity index (χ2n) is 5.01. The SMILES string of the molecule is CCCC(C)N(C)CC(O)c1cccc(C)c1. The molecule has 0 aromatic heterocycles. The Morgan fingerprint density at radius 3 is 2.65 bits per heavy atom. The van der Waals surface area contributed by atoms with E-state index >= 15 is 0 Å². The normalized spacial score (nSPS) is 14.9. The first kappa shape index (κ1) is 14.2. The summed E-state index contributed by atoms with van der Waals surface area (Å²) in [6.45, 7) is 7.16. The van der Waals surface area contributed by atoms with Crippen LogP contribution in [-0.4, -0.2) is 29.6 Å². The Labute approximate surface area is 105 Å². The fourth-order valence-electron chi connectivity index (χ4n) is 2.07. The summed E-state index contributed by atoms with van der Waals surface area (Å²) >= 11 is 0. The van der Waals surface area contributed by atoms with Crippen LogP contribution < -0.4 is 0 Å². The Hall–Kier alpha value is -0.860. The highest BCUT2D eigenvalue weighted by Gasteiger charge is 2.14. The van der Waals surface area contributed by atoms with E-state index in [1.807, 2.05) is 12.1 Å². The lowest BCUT2D eigenvalue weighted by Gasteiger charge is -2.27. The van der Waals surface area contributed by atoms with Gasteiger partial charge < -0.3 is 10.0 Å². The third-order valence-corrected chi connectivity index (χ3v) is 3.35. The number of hydrogen-bond donors (Lipinski definition) is 1. The molecule has 1 aromatic rings. The minimum Gasteiger partial charge on any atom is -0.387 e. The van der Waals surface area contributed by atoms with Gasteiger partial charge in [0.2, 0.25) is 0 Å². The molecular weight excluding hydrogens is 210 g/mol. The highest BCUT2D eigenvalue weighted by molar-refractivity contribution is 5.24. The molecule has 0 fully saturated rings. The van der Waals surface area contributed by atoms with Gasteiger partial charge in [-0.2, -0.15) is 0 Å². The monoisotopic (exact) mass is 235 g/mol. The van der Waals surface area contributed by atoms with Crippen LogP contribution in [0.3, 0.4) is 0 Å². The summed E-state index contributed by atoms with van der Waals surface area (Å²) in [5.41, 5.74) is 2.21. The molecule has 0 heterocycles. The van der Waals surface area contributed by atoms with Gasteiger partial charge >= 0.3 is 0 Å². The van der Waals surface area contributed by atoms with E-state index < -0.39 is 0 Å². The lowest BCUT2D eigenvalue weighted by molar-refractivity contribution is 0.106. The van der Waals surface area contributed by atoms with E-state index in [1.165, 1.54) is 18.4 Å². The van der Waals surface area contributed by atoms with Gasteiger partial charge in [-0.05, 0) is 32.9 Å². The second-order valence-corrected chi connectivity index (χ2v) is 5.01. The molecule has 2 unspecified atom stereocenters. The van der Waals surface area contributed by atoms with Crippen LogP contribution in [0.2, 0.25) is 0 Å². The van der Waals surface area contributed by atoms with Gasteiger partial charge in [-0.3, -0.25) is 0 Å². The molecule has 96 valence electrons. The summed E-state index contributed by atoms with van der Waals surface area (Å²) in [7, 11) is 2.08. The zero-order valence-corrected chi connectivity index (χ0v) is 11.5. The predicted molar refractivity (Wildman–Crippen MR) is 73.1 cm³/mol. The van der Waals surface area contributed by atoms with Crippen molar-refractivity contribution in [3.05, 3.63) is 35.4 Å². The molecule has 17 heavy (non-hydrogen) atoms. The van der Waals surface area contributed by atoms with Crippen LogP contribution in [0.5, 0.6) is 0 Å². The zero-order valence-electron chi connectivity index (χ0n) is 11.5. The van der Waals surface area contributed by atoms with E-state index in [1.54, 1.807) is 0 Å². The van der Waals surface area contributed by atoms with E-state index in [9.17, 15) is 5.11 Å². The number of benzene rings is 1. The summed E-state index contributed by atoms with van der Waals surface area (Å²) < 4.78 is 0. The van der Waals surface area contributed by atoms with Crippen molar-refractivity contribution in [2.45, 2.75) is 45.8 Å². The maximum absolute atomic E-state index is 10.2. The van der Waals surface area contributed by atoms with Gasteiger partial charge in [-0.25, -0.2) is 0 Å². The Kier molecular flexibility index (Phi) is 5.66. The summed E-state index contributed by atoms with van der Waals surface area (Å²) in [5, 5.41) is 10.2. The summed E-state index contributed by atoms with van der Waals surface area (Å²) in [4.78, 5) is 2.23. The number of aryl methyl sites for hydroxylation is 1. The molecule has 2 heteroatoms. The first-order valence-corrected chi connectivity index (χ1v) is 6.49. The molecule has 1 aromatic carbocycles. The third-order valence-electron chi connectivity index (χ3n) is 3.35. The number of likely N-dealkylation sites (N-methyl/N-ethyl adjacent to an activating group) is 1. The van der Waals surface area contributed by atoms with Crippen LogP contribution in [0, 0.1) is 6.92 Å². The van der Waals surface area contributed by atoms with E-state index in [0.717, 1.165) is 5.56 Å². The maximum Gasteiger partial charge on any atom is 0.0917 e. The van der Waals surface area contributed by atoms with Crippen molar-refractivity contribution in [1.29, 1.82) is 0 Å². The molecule has 0 amide bonds. The molecule has 0 saturated carbocycles. The zero-order chi connectivity index (χ0) is 12.8. The molecule has 0 bridgehead atoms. The molecule has 1 N–H and O–H groups in total. The summed E-state index contributed by atoms with van der Waals surface area (Å²) in [6.07, 6.45) is 1.97. The van der Waals surface area contributed by atoms with Gasteiger partial charge in [0.15, 0.2) is 0 Å². The van der Waals surface area contributed by atoms with E-state index in [0.29, 0.717) is 12.6 Å². The molecule has 0 radical (unpaired) electrons. The van der Waals surface area contributed by atoms with Crippen molar-refractivity contribution in [1.82, 2.24) is 4.90 Å². The van der Waals surface area contributed by atoms with E-state index in [2.05, 4.69) is 44.9 Å². The molecule has 2 nitrogen and oxygen atoms in total. The Morgan fingerprint density at radius 1 is 1.35 bits per heavy atom. The van der Waals surface area contributed by atoms with E-state index in [4.69, 9.17) is 0 Å². The van der Waals surface area contributed by atoms with Crippen molar-refractivity contribution < 1.29 is 5.11 Å². The van der Waals surface area contributed by atoms with Crippen LogP contribution >= 0.6 is 0 Å². The highest BCUT2D eigenvalue weighted by atomic mass is 16.3. The van der Waals surface area contributed by atoms with Gasteiger partial charge in [0.25, 0.3) is 0 Å². The number of aliphatic hydroxyl groups excluding tert-OH is 1. The molecule has 0 aliphatic heterocycles. The minimum absolute atomic E-state index is 0.390. The second kappa shape index (κ2) is 6.77. The minimum atomic E-state index is -0.390. The van der Waals surface area contributed by atoms with Crippen molar-refractivity contribution in [3.8, 4) is 0 Å². The van der Waals surface area contributed by atoms with Gasteiger partial charge in [-0.15, -0.1) is 0 Å².